The topological polar surface area (TPSA) is 26.3 Å². The minimum absolute atomic E-state index is 0.0825. The summed E-state index contributed by atoms with van der Waals surface area (Å²) in [6.45, 7) is 0.683. The van der Waals surface area contributed by atoms with E-state index in [1.165, 1.54) is 16.9 Å². The maximum Gasteiger partial charge on any atom is 0.237 e. The first-order valence-electron chi connectivity index (χ1n) is 5.84. The lowest BCUT2D eigenvalue weighted by molar-refractivity contribution is 0.0903. The quantitative estimate of drug-likeness (QED) is 0.735. The van der Waals surface area contributed by atoms with Crippen molar-refractivity contribution in [3.8, 4) is 0 Å². The number of rotatable bonds is 2. The Bertz CT molecular complexity index is 435. The van der Waals surface area contributed by atoms with Gasteiger partial charge in [-0.15, -0.1) is 11.3 Å². The molecule has 1 aromatic rings. The molecule has 16 heavy (non-hydrogen) atoms. The van der Waals surface area contributed by atoms with Crippen molar-refractivity contribution in [3.63, 3.8) is 0 Å². The Morgan fingerprint density at radius 2 is 2.25 bits per heavy atom. The average Bonchev–Trinajstić information content (AvgIpc) is 2.89. The van der Waals surface area contributed by atoms with Crippen molar-refractivity contribution in [2.45, 2.75) is 32.1 Å². The molecule has 0 unspecified atom stereocenters. The standard InChI is InChI=1S/C13H14O2S/c14-13(10-5-1-2-7-15-10)12-8-9-4-3-6-11(9)16-12/h5,8H,1-4,6-7H2. The second kappa shape index (κ2) is 4.06. The summed E-state index contributed by atoms with van der Waals surface area (Å²) in [4.78, 5) is 14.4. The molecular weight excluding hydrogens is 220 g/mol. The third kappa shape index (κ3) is 1.69. The summed E-state index contributed by atoms with van der Waals surface area (Å²) in [5.74, 6) is 0.644. The van der Waals surface area contributed by atoms with Gasteiger partial charge in [-0.2, -0.15) is 0 Å². The summed E-state index contributed by atoms with van der Waals surface area (Å²) in [7, 11) is 0. The van der Waals surface area contributed by atoms with Gasteiger partial charge in [-0.25, -0.2) is 0 Å². The largest absolute Gasteiger partial charge is 0.490 e. The van der Waals surface area contributed by atoms with Crippen molar-refractivity contribution in [1.82, 2.24) is 0 Å². The van der Waals surface area contributed by atoms with Crippen molar-refractivity contribution in [2.24, 2.45) is 0 Å². The number of Topliss-reactive ketones (excluding diaryl/α,β-unsaturated/α-hetero) is 1. The first-order chi connectivity index (χ1) is 7.84. The van der Waals surface area contributed by atoms with Gasteiger partial charge in [0.25, 0.3) is 0 Å². The minimum atomic E-state index is 0.0825. The summed E-state index contributed by atoms with van der Waals surface area (Å²) < 4.78 is 5.41. The molecule has 0 spiro atoms. The molecule has 0 aromatic carbocycles. The predicted molar refractivity (Wildman–Crippen MR) is 63.9 cm³/mol. The fourth-order valence-electron chi connectivity index (χ4n) is 2.28. The summed E-state index contributed by atoms with van der Waals surface area (Å²) >= 11 is 1.65. The average molecular weight is 234 g/mol. The summed E-state index contributed by atoms with van der Waals surface area (Å²) in [6.07, 6.45) is 7.45. The number of thiophene rings is 1. The second-order valence-corrected chi connectivity index (χ2v) is 5.44. The Hall–Kier alpha value is -1.09. The highest BCUT2D eigenvalue weighted by Gasteiger charge is 2.22. The van der Waals surface area contributed by atoms with Gasteiger partial charge in [0, 0.05) is 4.88 Å². The van der Waals surface area contributed by atoms with Crippen LogP contribution >= 0.6 is 11.3 Å². The Kier molecular flexibility index (Phi) is 2.56. The normalized spacial score (nSPS) is 18.9. The first kappa shape index (κ1) is 10.1. The third-order valence-electron chi connectivity index (χ3n) is 3.13. The van der Waals surface area contributed by atoms with Gasteiger partial charge in [0.1, 0.15) is 0 Å². The van der Waals surface area contributed by atoms with Gasteiger partial charge in [-0.1, -0.05) is 0 Å². The number of hydrogen-bond acceptors (Lipinski definition) is 3. The number of carbonyl (C=O) groups is 1. The Labute approximate surface area is 98.9 Å². The van der Waals surface area contributed by atoms with Crippen molar-refractivity contribution in [2.75, 3.05) is 6.61 Å². The maximum absolute atomic E-state index is 12.1. The van der Waals surface area contributed by atoms with E-state index in [0.29, 0.717) is 12.4 Å². The van der Waals surface area contributed by atoms with Crippen LogP contribution in [0.3, 0.4) is 0 Å². The van der Waals surface area contributed by atoms with E-state index in [9.17, 15) is 4.79 Å². The lowest BCUT2D eigenvalue weighted by atomic mass is 10.1. The summed E-state index contributed by atoms with van der Waals surface area (Å²) in [6, 6.07) is 2.06. The number of ether oxygens (including phenoxy) is 1. The van der Waals surface area contributed by atoms with Gasteiger partial charge in [0.05, 0.1) is 11.5 Å². The minimum Gasteiger partial charge on any atom is -0.490 e. The molecule has 3 heteroatoms. The second-order valence-electron chi connectivity index (χ2n) is 4.30. The molecule has 3 rings (SSSR count). The van der Waals surface area contributed by atoms with Crippen molar-refractivity contribution in [1.29, 1.82) is 0 Å². The lowest BCUT2D eigenvalue weighted by Crippen LogP contribution is -2.10. The number of hydrogen-bond donors (Lipinski definition) is 0. The van der Waals surface area contributed by atoms with Crippen LogP contribution in [0, 0.1) is 0 Å². The van der Waals surface area contributed by atoms with Crippen molar-refractivity contribution in [3.05, 3.63) is 33.2 Å². The van der Waals surface area contributed by atoms with Crippen LogP contribution in [0.15, 0.2) is 17.9 Å². The highest BCUT2D eigenvalue weighted by molar-refractivity contribution is 7.14. The van der Waals surface area contributed by atoms with E-state index in [4.69, 9.17) is 4.74 Å². The highest BCUT2D eigenvalue weighted by Crippen LogP contribution is 2.32. The highest BCUT2D eigenvalue weighted by atomic mass is 32.1. The maximum atomic E-state index is 12.1. The molecule has 2 heterocycles. The van der Waals surface area contributed by atoms with Gasteiger partial charge < -0.3 is 4.74 Å². The lowest BCUT2D eigenvalue weighted by Gasteiger charge is -2.12. The van der Waals surface area contributed by atoms with E-state index in [1.54, 1.807) is 11.3 Å². The number of carbonyl (C=O) groups excluding carboxylic acids is 1. The van der Waals surface area contributed by atoms with Gasteiger partial charge in [-0.3, -0.25) is 4.79 Å². The molecular formula is C13H14O2S. The molecule has 0 amide bonds. The monoisotopic (exact) mass is 234 g/mol. The molecule has 0 fully saturated rings. The van der Waals surface area contributed by atoms with Gasteiger partial charge >= 0.3 is 0 Å². The molecule has 1 aliphatic heterocycles. The molecule has 0 bridgehead atoms. The molecule has 0 saturated heterocycles. The Morgan fingerprint density at radius 3 is 3.00 bits per heavy atom. The number of allylic oxidation sites excluding steroid dienone is 2. The molecule has 84 valence electrons. The van der Waals surface area contributed by atoms with Crippen LogP contribution in [0.5, 0.6) is 0 Å². The van der Waals surface area contributed by atoms with E-state index < -0.39 is 0 Å². The molecule has 2 nitrogen and oxygen atoms in total. The molecule has 1 aliphatic carbocycles. The smallest absolute Gasteiger partial charge is 0.237 e. The van der Waals surface area contributed by atoms with Gasteiger partial charge in [-0.05, 0) is 49.8 Å². The van der Waals surface area contributed by atoms with E-state index >= 15 is 0 Å². The molecule has 2 aliphatic rings. The fourth-order valence-corrected chi connectivity index (χ4v) is 3.48. The fraction of sp³-hybridized carbons (Fsp3) is 0.462. The molecule has 0 saturated carbocycles. The van der Waals surface area contributed by atoms with Crippen LogP contribution in [-0.4, -0.2) is 12.4 Å². The zero-order valence-electron chi connectivity index (χ0n) is 9.12. The van der Waals surface area contributed by atoms with E-state index in [0.717, 1.165) is 30.6 Å². The zero-order valence-corrected chi connectivity index (χ0v) is 9.94. The molecule has 1 aromatic heterocycles. The van der Waals surface area contributed by atoms with Crippen molar-refractivity contribution >= 4 is 17.1 Å². The van der Waals surface area contributed by atoms with Crippen LogP contribution in [0.4, 0.5) is 0 Å². The van der Waals surface area contributed by atoms with E-state index in [2.05, 4.69) is 6.07 Å². The Balaban J connectivity index is 1.86. The van der Waals surface area contributed by atoms with Crippen LogP contribution in [0.1, 0.15) is 39.4 Å². The molecule has 0 N–H and O–H groups in total. The van der Waals surface area contributed by atoms with Gasteiger partial charge in [0.2, 0.25) is 5.78 Å². The van der Waals surface area contributed by atoms with E-state index in [-0.39, 0.29) is 5.78 Å². The third-order valence-corrected chi connectivity index (χ3v) is 4.37. The number of aryl methyl sites for hydroxylation is 2. The van der Waals surface area contributed by atoms with Crippen LogP contribution in [0.2, 0.25) is 0 Å². The van der Waals surface area contributed by atoms with E-state index in [1.807, 2.05) is 6.08 Å². The number of ketones is 1. The molecule has 0 radical (unpaired) electrons. The summed E-state index contributed by atoms with van der Waals surface area (Å²) in [5.41, 5.74) is 1.38. The summed E-state index contributed by atoms with van der Waals surface area (Å²) in [5, 5.41) is 0. The van der Waals surface area contributed by atoms with Crippen LogP contribution < -0.4 is 0 Å². The van der Waals surface area contributed by atoms with Gasteiger partial charge in [0.15, 0.2) is 5.76 Å². The number of fused-ring (bicyclic) bond motifs is 1. The van der Waals surface area contributed by atoms with Crippen LogP contribution in [-0.2, 0) is 17.6 Å². The van der Waals surface area contributed by atoms with Crippen LogP contribution in [0.25, 0.3) is 0 Å². The Morgan fingerprint density at radius 1 is 1.31 bits per heavy atom. The first-order valence-corrected chi connectivity index (χ1v) is 6.65. The zero-order chi connectivity index (χ0) is 11.0. The predicted octanol–water partition coefficient (Wildman–Crippen LogP) is 3.11. The molecule has 0 atom stereocenters. The van der Waals surface area contributed by atoms with Crippen molar-refractivity contribution < 1.29 is 9.53 Å². The SMILES string of the molecule is O=C(C1=CCCCO1)c1cc2c(s1)CCC2.